The molecule has 27 heavy (non-hydrogen) atoms. The van der Waals surface area contributed by atoms with Crippen molar-refractivity contribution >= 4 is 0 Å². The molecule has 0 radical (unpaired) electrons. The molecule has 0 saturated carbocycles. The van der Waals surface area contributed by atoms with Crippen LogP contribution in [0, 0.1) is 5.82 Å². The van der Waals surface area contributed by atoms with Crippen molar-refractivity contribution in [3.8, 4) is 22.6 Å². The van der Waals surface area contributed by atoms with Crippen LogP contribution >= 0.6 is 0 Å². The normalized spacial score (nSPS) is 15.7. The number of halogens is 1. The lowest BCUT2D eigenvalue weighted by molar-refractivity contribution is 0.0791. The van der Waals surface area contributed by atoms with E-state index in [4.69, 9.17) is 9.47 Å². The molecule has 2 aromatic carbocycles. The molecule has 0 amide bonds. The lowest BCUT2D eigenvalue weighted by atomic mass is 10.00. The first-order valence-electron chi connectivity index (χ1n) is 9.69. The Balaban J connectivity index is 1.95. The summed E-state index contributed by atoms with van der Waals surface area (Å²) in [5, 5.41) is 9.71. The molecule has 1 N–H and O–H groups in total. The summed E-state index contributed by atoms with van der Waals surface area (Å²) < 4.78 is 25.2. The molecule has 0 unspecified atom stereocenters. The van der Waals surface area contributed by atoms with Crippen molar-refractivity contribution in [3.05, 3.63) is 47.8 Å². The Bertz CT molecular complexity index is 713. The fourth-order valence-electron chi connectivity index (χ4n) is 3.51. The minimum absolute atomic E-state index is 0.180. The van der Waals surface area contributed by atoms with Crippen LogP contribution < -0.4 is 9.47 Å². The Hall–Kier alpha value is -2.11. The monoisotopic (exact) mass is 373 g/mol. The number of piperidine rings is 1. The second-order valence-electron chi connectivity index (χ2n) is 6.85. The van der Waals surface area contributed by atoms with Crippen molar-refractivity contribution in [2.75, 3.05) is 26.3 Å². The Morgan fingerprint density at radius 1 is 1.00 bits per heavy atom. The van der Waals surface area contributed by atoms with Crippen LogP contribution in [-0.2, 0) is 6.54 Å². The summed E-state index contributed by atoms with van der Waals surface area (Å²) in [7, 11) is 0. The first kappa shape index (κ1) is 19.6. The second-order valence-corrected chi connectivity index (χ2v) is 6.85. The number of aliphatic hydroxyl groups excluding tert-OH is 1. The summed E-state index contributed by atoms with van der Waals surface area (Å²) >= 11 is 0. The number of hydrogen-bond acceptors (Lipinski definition) is 4. The first-order chi connectivity index (χ1) is 13.1. The number of hydrogen-bond donors (Lipinski definition) is 1. The van der Waals surface area contributed by atoms with E-state index in [0.29, 0.717) is 13.2 Å². The van der Waals surface area contributed by atoms with E-state index in [9.17, 15) is 9.50 Å². The molecule has 0 aliphatic carbocycles. The van der Waals surface area contributed by atoms with Gasteiger partial charge in [0, 0.05) is 19.6 Å². The Labute approximate surface area is 160 Å². The summed E-state index contributed by atoms with van der Waals surface area (Å²) in [6.45, 7) is 7.54. The average molecular weight is 373 g/mol. The van der Waals surface area contributed by atoms with Crippen LogP contribution in [0.2, 0.25) is 0 Å². The van der Waals surface area contributed by atoms with Crippen LogP contribution in [0.5, 0.6) is 11.5 Å². The molecule has 2 aromatic rings. The summed E-state index contributed by atoms with van der Waals surface area (Å²) in [6, 6.07) is 10.5. The number of benzene rings is 2. The minimum atomic E-state index is -0.265. The molecular formula is C22H28FNO3. The zero-order valence-electron chi connectivity index (χ0n) is 16.1. The first-order valence-corrected chi connectivity index (χ1v) is 9.69. The topological polar surface area (TPSA) is 41.9 Å². The lowest BCUT2D eigenvalue weighted by Crippen LogP contribution is -2.35. The number of rotatable bonds is 7. The Morgan fingerprint density at radius 3 is 2.07 bits per heavy atom. The van der Waals surface area contributed by atoms with Gasteiger partial charge < -0.3 is 14.6 Å². The van der Waals surface area contributed by atoms with Gasteiger partial charge in [0.2, 0.25) is 0 Å². The third kappa shape index (κ3) is 4.99. The standard InChI is InChI=1S/C22H28FNO3/c1-3-26-20-13-16(15-24-11-9-19(25)10-12-24)14-21(27-4-2)22(20)17-5-7-18(23)8-6-17/h5-8,13-14,19,25H,3-4,9-12,15H2,1-2H3. The summed E-state index contributed by atoms with van der Waals surface area (Å²) in [4.78, 5) is 2.34. The lowest BCUT2D eigenvalue weighted by Gasteiger charge is -2.30. The molecular weight excluding hydrogens is 345 g/mol. The highest BCUT2D eigenvalue weighted by Gasteiger charge is 2.20. The molecule has 0 spiro atoms. The maximum absolute atomic E-state index is 13.4. The summed E-state index contributed by atoms with van der Waals surface area (Å²) in [5.74, 6) is 1.24. The SMILES string of the molecule is CCOc1cc(CN2CCC(O)CC2)cc(OCC)c1-c1ccc(F)cc1. The molecule has 1 aliphatic heterocycles. The third-order valence-corrected chi connectivity index (χ3v) is 4.82. The van der Waals surface area contributed by atoms with Crippen LogP contribution in [0.25, 0.3) is 11.1 Å². The highest BCUT2D eigenvalue weighted by molar-refractivity contribution is 5.77. The van der Waals surface area contributed by atoms with Crippen molar-refractivity contribution < 1.29 is 19.0 Å². The van der Waals surface area contributed by atoms with E-state index in [1.807, 2.05) is 13.8 Å². The maximum Gasteiger partial charge on any atom is 0.131 e. The number of aliphatic hydroxyl groups is 1. The van der Waals surface area contributed by atoms with Crippen molar-refractivity contribution in [3.63, 3.8) is 0 Å². The van der Waals surface area contributed by atoms with Crippen LogP contribution in [0.4, 0.5) is 4.39 Å². The number of ether oxygens (including phenoxy) is 2. The summed E-state index contributed by atoms with van der Waals surface area (Å²) in [5.41, 5.74) is 2.84. The van der Waals surface area contributed by atoms with E-state index < -0.39 is 0 Å². The fraction of sp³-hybridized carbons (Fsp3) is 0.455. The maximum atomic E-state index is 13.4. The zero-order valence-corrected chi connectivity index (χ0v) is 16.1. The van der Waals surface area contributed by atoms with Crippen molar-refractivity contribution in [2.45, 2.75) is 39.3 Å². The van der Waals surface area contributed by atoms with Gasteiger partial charge in [-0.15, -0.1) is 0 Å². The van der Waals surface area contributed by atoms with Gasteiger partial charge in [-0.3, -0.25) is 4.90 Å². The van der Waals surface area contributed by atoms with Crippen LogP contribution in [0.3, 0.4) is 0 Å². The van der Waals surface area contributed by atoms with Gasteiger partial charge in [-0.25, -0.2) is 4.39 Å². The fourth-order valence-corrected chi connectivity index (χ4v) is 3.51. The largest absolute Gasteiger partial charge is 0.493 e. The van der Waals surface area contributed by atoms with Gasteiger partial charge in [0.25, 0.3) is 0 Å². The van der Waals surface area contributed by atoms with Crippen LogP contribution in [0.15, 0.2) is 36.4 Å². The Kier molecular flexibility index (Phi) is 6.69. The predicted octanol–water partition coefficient (Wildman–Crippen LogP) is 4.25. The molecule has 0 bridgehead atoms. The third-order valence-electron chi connectivity index (χ3n) is 4.82. The van der Waals surface area contributed by atoms with Gasteiger partial charge in [-0.05, 0) is 62.1 Å². The molecule has 1 aliphatic rings. The Morgan fingerprint density at radius 2 is 1.56 bits per heavy atom. The van der Waals surface area contributed by atoms with Gasteiger partial charge >= 0.3 is 0 Å². The molecule has 0 atom stereocenters. The molecule has 1 heterocycles. The molecule has 1 saturated heterocycles. The molecule has 1 fully saturated rings. The predicted molar refractivity (Wildman–Crippen MR) is 105 cm³/mol. The quantitative estimate of drug-likeness (QED) is 0.788. The highest BCUT2D eigenvalue weighted by atomic mass is 19.1. The van der Waals surface area contributed by atoms with E-state index in [2.05, 4.69) is 17.0 Å². The molecule has 146 valence electrons. The van der Waals surface area contributed by atoms with Crippen molar-refractivity contribution in [2.24, 2.45) is 0 Å². The van der Waals surface area contributed by atoms with Gasteiger partial charge in [0.1, 0.15) is 17.3 Å². The van der Waals surface area contributed by atoms with E-state index in [-0.39, 0.29) is 11.9 Å². The molecule has 4 nitrogen and oxygen atoms in total. The van der Waals surface area contributed by atoms with E-state index in [0.717, 1.165) is 60.7 Å². The van der Waals surface area contributed by atoms with Gasteiger partial charge in [-0.1, -0.05) is 12.1 Å². The summed E-state index contributed by atoms with van der Waals surface area (Å²) in [6.07, 6.45) is 1.44. The zero-order chi connectivity index (χ0) is 19.2. The average Bonchev–Trinajstić information content (AvgIpc) is 2.65. The van der Waals surface area contributed by atoms with Gasteiger partial charge in [0.05, 0.1) is 24.9 Å². The molecule has 3 rings (SSSR count). The molecule has 5 heteroatoms. The smallest absolute Gasteiger partial charge is 0.131 e. The van der Waals surface area contributed by atoms with E-state index in [1.54, 1.807) is 12.1 Å². The van der Waals surface area contributed by atoms with Crippen molar-refractivity contribution in [1.29, 1.82) is 0 Å². The van der Waals surface area contributed by atoms with Crippen LogP contribution in [0.1, 0.15) is 32.3 Å². The van der Waals surface area contributed by atoms with Crippen molar-refractivity contribution in [1.82, 2.24) is 4.90 Å². The van der Waals surface area contributed by atoms with E-state index in [1.165, 1.54) is 12.1 Å². The molecule has 0 aromatic heterocycles. The van der Waals surface area contributed by atoms with Gasteiger partial charge in [0.15, 0.2) is 0 Å². The highest BCUT2D eigenvalue weighted by Crippen LogP contribution is 2.40. The second kappa shape index (κ2) is 9.20. The van der Waals surface area contributed by atoms with E-state index >= 15 is 0 Å². The van der Waals surface area contributed by atoms with Crippen LogP contribution in [-0.4, -0.2) is 42.4 Å². The number of likely N-dealkylation sites (tertiary alicyclic amines) is 1. The number of nitrogens with zero attached hydrogens (tertiary/aromatic N) is 1. The van der Waals surface area contributed by atoms with Gasteiger partial charge in [-0.2, -0.15) is 0 Å². The minimum Gasteiger partial charge on any atom is -0.493 e.